The van der Waals surface area contributed by atoms with Crippen LogP contribution in [0.5, 0.6) is 0 Å². The van der Waals surface area contributed by atoms with E-state index < -0.39 is 0 Å². The molecule has 0 fully saturated rings. The Morgan fingerprint density at radius 1 is 0.789 bits per heavy atom. The molecule has 0 aromatic carbocycles. The van der Waals surface area contributed by atoms with Crippen LogP contribution in [0.25, 0.3) is 0 Å². The molecule has 0 aliphatic heterocycles. The molecular weight excluding hydrogens is 236 g/mol. The molecule has 0 bridgehead atoms. The van der Waals surface area contributed by atoms with E-state index in [9.17, 15) is 4.79 Å². The lowest BCUT2D eigenvalue weighted by molar-refractivity contribution is -0.140. The van der Waals surface area contributed by atoms with Gasteiger partial charge in [0.1, 0.15) is 0 Å². The van der Waals surface area contributed by atoms with Crippen molar-refractivity contribution in [2.45, 2.75) is 91.4 Å². The summed E-state index contributed by atoms with van der Waals surface area (Å²) in [5, 5.41) is 0. The lowest BCUT2D eigenvalue weighted by atomic mass is 9.89. The quantitative estimate of drug-likeness (QED) is 0.366. The number of carbonyl (C=O) groups excluding carboxylic acids is 1. The number of hydrogen-bond acceptors (Lipinski definition) is 2. The summed E-state index contributed by atoms with van der Waals surface area (Å²) in [4.78, 5) is 10.9. The fourth-order valence-electron chi connectivity index (χ4n) is 2.26. The highest BCUT2D eigenvalue weighted by molar-refractivity contribution is 5.68. The molecule has 0 N–H and O–H groups in total. The summed E-state index contributed by atoms with van der Waals surface area (Å²) in [6, 6.07) is 0. The van der Waals surface area contributed by atoms with Gasteiger partial charge in [0.05, 0.1) is 7.11 Å². The van der Waals surface area contributed by atoms with Gasteiger partial charge in [-0.15, -0.1) is 0 Å². The number of methoxy groups -OCH3 is 1. The molecule has 0 rings (SSSR count). The second kappa shape index (κ2) is 11.3. The summed E-state index contributed by atoms with van der Waals surface area (Å²) in [7, 11) is 1.46. The van der Waals surface area contributed by atoms with E-state index in [0.717, 1.165) is 6.42 Å². The Hall–Kier alpha value is -0.530. The van der Waals surface area contributed by atoms with Gasteiger partial charge in [-0.2, -0.15) is 0 Å². The fraction of sp³-hybridized carbons (Fsp3) is 0.941. The molecule has 0 saturated carbocycles. The highest BCUT2D eigenvalue weighted by Crippen LogP contribution is 2.22. The number of unbranched alkanes of at least 4 members (excludes halogenated alkanes) is 8. The van der Waals surface area contributed by atoms with Crippen LogP contribution in [0.3, 0.4) is 0 Å². The van der Waals surface area contributed by atoms with Crippen molar-refractivity contribution in [1.29, 1.82) is 0 Å². The predicted molar refractivity (Wildman–Crippen MR) is 82.3 cm³/mol. The van der Waals surface area contributed by atoms with Crippen molar-refractivity contribution < 1.29 is 9.53 Å². The molecule has 0 spiro atoms. The molecule has 0 heterocycles. The van der Waals surface area contributed by atoms with E-state index in [1.807, 2.05) is 0 Å². The minimum absolute atomic E-state index is 0.0705. The van der Waals surface area contributed by atoms with Gasteiger partial charge in [0, 0.05) is 6.42 Å². The Balaban J connectivity index is 3.09. The molecule has 0 aliphatic rings. The summed E-state index contributed by atoms with van der Waals surface area (Å²) < 4.78 is 4.62. The first-order valence-corrected chi connectivity index (χ1v) is 8.02. The Morgan fingerprint density at radius 3 is 1.63 bits per heavy atom. The molecule has 114 valence electrons. The van der Waals surface area contributed by atoms with E-state index >= 15 is 0 Å². The van der Waals surface area contributed by atoms with Crippen molar-refractivity contribution in [3.8, 4) is 0 Å². The van der Waals surface area contributed by atoms with Gasteiger partial charge in [-0.25, -0.2) is 0 Å². The van der Waals surface area contributed by atoms with E-state index in [2.05, 4.69) is 25.5 Å². The van der Waals surface area contributed by atoms with Crippen LogP contribution in [0.15, 0.2) is 0 Å². The molecule has 19 heavy (non-hydrogen) atoms. The summed E-state index contributed by atoms with van der Waals surface area (Å²) in [6.07, 6.45) is 13.6. The van der Waals surface area contributed by atoms with Gasteiger partial charge in [0.15, 0.2) is 0 Å². The molecule has 0 saturated heterocycles. The van der Waals surface area contributed by atoms with E-state index in [1.165, 1.54) is 64.9 Å². The third-order valence-corrected chi connectivity index (χ3v) is 3.54. The van der Waals surface area contributed by atoms with Crippen molar-refractivity contribution in [3.05, 3.63) is 0 Å². The summed E-state index contributed by atoms with van der Waals surface area (Å²) in [6.45, 7) is 6.96. The minimum atomic E-state index is -0.0705. The maximum Gasteiger partial charge on any atom is 0.305 e. The van der Waals surface area contributed by atoms with Crippen LogP contribution in [0.1, 0.15) is 91.4 Å². The van der Waals surface area contributed by atoms with Gasteiger partial charge in [0.2, 0.25) is 0 Å². The summed E-state index contributed by atoms with van der Waals surface area (Å²) >= 11 is 0. The molecule has 0 aromatic rings. The van der Waals surface area contributed by atoms with Crippen molar-refractivity contribution in [2.24, 2.45) is 5.41 Å². The van der Waals surface area contributed by atoms with Crippen LogP contribution >= 0.6 is 0 Å². The van der Waals surface area contributed by atoms with E-state index in [0.29, 0.717) is 11.8 Å². The summed E-state index contributed by atoms with van der Waals surface area (Å²) in [5.41, 5.74) is 0.500. The van der Waals surface area contributed by atoms with Gasteiger partial charge >= 0.3 is 5.97 Å². The molecule has 0 aromatic heterocycles. The van der Waals surface area contributed by atoms with Crippen molar-refractivity contribution in [2.75, 3.05) is 7.11 Å². The van der Waals surface area contributed by atoms with Crippen LogP contribution in [0, 0.1) is 5.41 Å². The second-order valence-corrected chi connectivity index (χ2v) is 6.82. The van der Waals surface area contributed by atoms with Gasteiger partial charge in [-0.3, -0.25) is 4.79 Å². The zero-order valence-corrected chi connectivity index (χ0v) is 13.6. The predicted octanol–water partition coefficient (Wildman–Crippen LogP) is 5.50. The topological polar surface area (TPSA) is 26.3 Å². The number of rotatable bonds is 11. The zero-order valence-electron chi connectivity index (χ0n) is 13.6. The smallest absolute Gasteiger partial charge is 0.305 e. The molecule has 0 unspecified atom stereocenters. The Bertz CT molecular complexity index is 216. The monoisotopic (exact) mass is 270 g/mol. The van der Waals surface area contributed by atoms with Crippen LogP contribution in [0.4, 0.5) is 0 Å². The lowest BCUT2D eigenvalue weighted by Gasteiger charge is -2.17. The fourth-order valence-corrected chi connectivity index (χ4v) is 2.26. The largest absolute Gasteiger partial charge is 0.469 e. The third kappa shape index (κ3) is 15.4. The van der Waals surface area contributed by atoms with E-state index in [-0.39, 0.29) is 5.97 Å². The van der Waals surface area contributed by atoms with Crippen LogP contribution in [-0.2, 0) is 9.53 Å². The number of ether oxygens (including phenoxy) is 1. The standard InChI is InChI=1S/C17H34O2/c1-17(2,3)15-13-11-9-7-5-6-8-10-12-14-16(18)19-4/h5-15H2,1-4H3. The number of esters is 1. The average molecular weight is 270 g/mol. The first-order valence-electron chi connectivity index (χ1n) is 8.02. The number of hydrogen-bond donors (Lipinski definition) is 0. The Kier molecular flexibility index (Phi) is 11.0. The minimum Gasteiger partial charge on any atom is -0.469 e. The van der Waals surface area contributed by atoms with Crippen LogP contribution in [0.2, 0.25) is 0 Å². The molecule has 0 amide bonds. The van der Waals surface area contributed by atoms with Gasteiger partial charge in [-0.1, -0.05) is 72.1 Å². The van der Waals surface area contributed by atoms with Gasteiger partial charge < -0.3 is 4.74 Å². The first kappa shape index (κ1) is 18.5. The van der Waals surface area contributed by atoms with Gasteiger partial charge in [0.25, 0.3) is 0 Å². The van der Waals surface area contributed by atoms with E-state index in [1.54, 1.807) is 0 Å². The average Bonchev–Trinajstić information content (AvgIpc) is 2.34. The lowest BCUT2D eigenvalue weighted by Crippen LogP contribution is -2.03. The normalized spacial score (nSPS) is 11.6. The zero-order chi connectivity index (χ0) is 14.6. The highest BCUT2D eigenvalue weighted by atomic mass is 16.5. The highest BCUT2D eigenvalue weighted by Gasteiger charge is 2.08. The molecule has 0 atom stereocenters. The molecule has 0 aliphatic carbocycles. The number of carbonyl (C=O) groups is 1. The second-order valence-electron chi connectivity index (χ2n) is 6.82. The van der Waals surface area contributed by atoms with Gasteiger partial charge in [-0.05, 0) is 18.3 Å². The van der Waals surface area contributed by atoms with E-state index in [4.69, 9.17) is 0 Å². The molecule has 0 radical (unpaired) electrons. The Labute approximate surface area is 120 Å². The SMILES string of the molecule is COC(=O)CCCCCCCCCCCC(C)(C)C. The molecule has 2 nitrogen and oxygen atoms in total. The third-order valence-electron chi connectivity index (χ3n) is 3.54. The van der Waals surface area contributed by atoms with Crippen molar-refractivity contribution in [3.63, 3.8) is 0 Å². The first-order chi connectivity index (χ1) is 8.95. The van der Waals surface area contributed by atoms with Crippen LogP contribution < -0.4 is 0 Å². The van der Waals surface area contributed by atoms with Crippen molar-refractivity contribution in [1.82, 2.24) is 0 Å². The Morgan fingerprint density at radius 2 is 1.21 bits per heavy atom. The molecule has 2 heteroatoms. The maximum atomic E-state index is 10.9. The maximum absolute atomic E-state index is 10.9. The van der Waals surface area contributed by atoms with Crippen molar-refractivity contribution >= 4 is 5.97 Å². The van der Waals surface area contributed by atoms with Crippen LogP contribution in [-0.4, -0.2) is 13.1 Å². The summed E-state index contributed by atoms with van der Waals surface area (Å²) in [5.74, 6) is -0.0705. The molecular formula is C17H34O2.